The van der Waals surface area contributed by atoms with Crippen molar-refractivity contribution in [3.8, 4) is 0 Å². The van der Waals surface area contributed by atoms with Crippen molar-refractivity contribution in [2.24, 2.45) is 5.84 Å². The Kier molecular flexibility index (Phi) is 4.01. The lowest BCUT2D eigenvalue weighted by Gasteiger charge is -2.22. The second-order valence-electron chi connectivity index (χ2n) is 4.73. The molecule has 0 amide bonds. The van der Waals surface area contributed by atoms with Gasteiger partial charge in [0.05, 0.1) is 11.4 Å². The van der Waals surface area contributed by atoms with Crippen molar-refractivity contribution in [1.82, 2.24) is 0 Å². The van der Waals surface area contributed by atoms with Crippen molar-refractivity contribution in [3.05, 3.63) is 54.6 Å². The third kappa shape index (κ3) is 2.85. The summed E-state index contributed by atoms with van der Waals surface area (Å²) in [5.41, 5.74) is 2.84. The SMILES string of the molecule is NN(c1ccccc1)c1cccc(B2OCCCO2)c1. The number of hydrogen-bond donors (Lipinski definition) is 1. The fourth-order valence-electron chi connectivity index (χ4n) is 2.24. The Labute approximate surface area is 119 Å². The molecule has 0 atom stereocenters. The Balaban J connectivity index is 1.83. The van der Waals surface area contributed by atoms with Crippen molar-refractivity contribution < 1.29 is 9.31 Å². The standard InChI is InChI=1S/C15H17BN2O2/c17-18(14-7-2-1-3-8-14)15-9-4-6-13(12-15)16-19-10-5-11-20-16/h1-4,6-9,12H,5,10-11,17H2. The van der Waals surface area contributed by atoms with Crippen LogP contribution in [-0.2, 0) is 9.31 Å². The van der Waals surface area contributed by atoms with Crippen molar-refractivity contribution in [1.29, 1.82) is 0 Å². The van der Waals surface area contributed by atoms with Crippen molar-refractivity contribution in [3.63, 3.8) is 0 Å². The zero-order chi connectivity index (χ0) is 13.8. The number of para-hydroxylation sites is 1. The first kappa shape index (κ1) is 13.2. The lowest BCUT2D eigenvalue weighted by molar-refractivity contribution is 0.143. The molecule has 0 unspecified atom stereocenters. The van der Waals surface area contributed by atoms with E-state index in [4.69, 9.17) is 15.2 Å². The van der Waals surface area contributed by atoms with Crippen molar-refractivity contribution in [2.75, 3.05) is 18.2 Å². The zero-order valence-corrected chi connectivity index (χ0v) is 11.2. The monoisotopic (exact) mass is 268 g/mol. The number of hydrogen-bond acceptors (Lipinski definition) is 4. The van der Waals surface area contributed by atoms with E-state index in [1.807, 2.05) is 54.6 Å². The van der Waals surface area contributed by atoms with Gasteiger partial charge in [0.25, 0.3) is 0 Å². The van der Waals surface area contributed by atoms with E-state index < -0.39 is 0 Å². The van der Waals surface area contributed by atoms with Gasteiger partial charge >= 0.3 is 7.12 Å². The second kappa shape index (κ2) is 6.09. The van der Waals surface area contributed by atoms with Gasteiger partial charge in [-0.3, -0.25) is 5.01 Å². The van der Waals surface area contributed by atoms with E-state index in [1.165, 1.54) is 0 Å². The molecule has 1 aliphatic rings. The van der Waals surface area contributed by atoms with Gasteiger partial charge in [0.2, 0.25) is 0 Å². The quantitative estimate of drug-likeness (QED) is 0.524. The summed E-state index contributed by atoms with van der Waals surface area (Å²) in [6.45, 7) is 1.47. The molecular formula is C15H17BN2O2. The number of hydrazine groups is 1. The largest absolute Gasteiger partial charge is 0.493 e. The van der Waals surface area contributed by atoms with Crippen LogP contribution in [0.3, 0.4) is 0 Å². The topological polar surface area (TPSA) is 47.7 Å². The molecule has 0 bridgehead atoms. The highest BCUT2D eigenvalue weighted by Gasteiger charge is 2.24. The number of nitrogens with zero attached hydrogens (tertiary/aromatic N) is 1. The van der Waals surface area contributed by atoms with Crippen LogP contribution in [0.2, 0.25) is 0 Å². The lowest BCUT2D eigenvalue weighted by atomic mass is 9.78. The molecule has 0 saturated carbocycles. The van der Waals surface area contributed by atoms with Crippen LogP contribution in [0.25, 0.3) is 0 Å². The molecule has 0 aliphatic carbocycles. The molecule has 4 nitrogen and oxygen atoms in total. The van der Waals surface area contributed by atoms with Crippen LogP contribution >= 0.6 is 0 Å². The number of nitrogens with two attached hydrogens (primary N) is 1. The summed E-state index contributed by atoms with van der Waals surface area (Å²) in [7, 11) is -0.284. The summed E-state index contributed by atoms with van der Waals surface area (Å²) >= 11 is 0. The molecule has 1 aliphatic heterocycles. The third-order valence-electron chi connectivity index (χ3n) is 3.28. The maximum absolute atomic E-state index is 6.17. The molecule has 0 aromatic heterocycles. The van der Waals surface area contributed by atoms with E-state index in [1.54, 1.807) is 5.01 Å². The molecule has 1 saturated heterocycles. The number of anilines is 2. The highest BCUT2D eigenvalue weighted by Crippen LogP contribution is 2.20. The van der Waals surface area contributed by atoms with Gasteiger partial charge in [0, 0.05) is 13.2 Å². The smallest absolute Gasteiger partial charge is 0.407 e. The van der Waals surface area contributed by atoms with Gasteiger partial charge in [-0.15, -0.1) is 0 Å². The van der Waals surface area contributed by atoms with Gasteiger partial charge < -0.3 is 9.31 Å². The average molecular weight is 268 g/mol. The maximum Gasteiger partial charge on any atom is 0.493 e. The van der Waals surface area contributed by atoms with Crippen molar-refractivity contribution >= 4 is 24.0 Å². The van der Waals surface area contributed by atoms with E-state index in [-0.39, 0.29) is 7.12 Å². The number of rotatable bonds is 3. The minimum Gasteiger partial charge on any atom is -0.407 e. The Morgan fingerprint density at radius 1 is 0.900 bits per heavy atom. The molecule has 102 valence electrons. The molecule has 1 heterocycles. The molecule has 0 spiro atoms. The molecule has 20 heavy (non-hydrogen) atoms. The minimum atomic E-state index is -0.284. The Hall–Kier alpha value is -1.82. The Morgan fingerprint density at radius 2 is 1.60 bits per heavy atom. The van der Waals surface area contributed by atoms with Gasteiger partial charge in [0.1, 0.15) is 0 Å². The predicted octanol–water partition coefficient (Wildman–Crippen LogP) is 1.83. The summed E-state index contributed by atoms with van der Waals surface area (Å²) in [6.07, 6.45) is 0.948. The van der Waals surface area contributed by atoms with Crippen LogP contribution in [0.15, 0.2) is 54.6 Å². The fourth-order valence-corrected chi connectivity index (χ4v) is 2.24. The summed E-state index contributed by atoms with van der Waals surface area (Å²) in [5, 5.41) is 1.66. The summed E-state index contributed by atoms with van der Waals surface area (Å²) in [4.78, 5) is 0. The minimum absolute atomic E-state index is 0.284. The first-order valence-electron chi connectivity index (χ1n) is 6.77. The Bertz CT molecular complexity index is 559. The molecule has 2 aromatic rings. The molecular weight excluding hydrogens is 251 g/mol. The molecule has 0 radical (unpaired) electrons. The van der Waals surface area contributed by atoms with E-state index in [2.05, 4.69) is 0 Å². The molecule has 2 N–H and O–H groups in total. The molecule has 1 fully saturated rings. The van der Waals surface area contributed by atoms with E-state index in [9.17, 15) is 0 Å². The zero-order valence-electron chi connectivity index (χ0n) is 11.2. The van der Waals surface area contributed by atoms with Crippen LogP contribution in [0.1, 0.15) is 6.42 Å². The molecule has 3 rings (SSSR count). The highest BCUT2D eigenvalue weighted by atomic mass is 16.6. The fraction of sp³-hybridized carbons (Fsp3) is 0.200. The van der Waals surface area contributed by atoms with Crippen LogP contribution in [-0.4, -0.2) is 20.3 Å². The predicted molar refractivity (Wildman–Crippen MR) is 81.1 cm³/mol. The van der Waals surface area contributed by atoms with Crippen LogP contribution < -0.4 is 16.3 Å². The van der Waals surface area contributed by atoms with E-state index in [0.717, 1.165) is 36.5 Å². The molecule has 5 heteroatoms. The van der Waals surface area contributed by atoms with E-state index >= 15 is 0 Å². The van der Waals surface area contributed by atoms with Crippen LogP contribution in [0.4, 0.5) is 11.4 Å². The first-order chi connectivity index (χ1) is 9.84. The molecule has 2 aromatic carbocycles. The van der Waals surface area contributed by atoms with Gasteiger partial charge in [-0.25, -0.2) is 5.84 Å². The van der Waals surface area contributed by atoms with E-state index in [0.29, 0.717) is 0 Å². The van der Waals surface area contributed by atoms with Gasteiger partial charge in [-0.05, 0) is 36.1 Å². The summed E-state index contributed by atoms with van der Waals surface area (Å²) in [5.74, 6) is 6.17. The normalized spacial score (nSPS) is 15.2. The second-order valence-corrected chi connectivity index (χ2v) is 4.73. The van der Waals surface area contributed by atoms with Gasteiger partial charge in [0.15, 0.2) is 0 Å². The van der Waals surface area contributed by atoms with Crippen molar-refractivity contribution in [2.45, 2.75) is 6.42 Å². The summed E-state index contributed by atoms with van der Waals surface area (Å²) in [6, 6.07) is 17.8. The van der Waals surface area contributed by atoms with Gasteiger partial charge in [-0.1, -0.05) is 30.3 Å². The Morgan fingerprint density at radius 3 is 2.35 bits per heavy atom. The van der Waals surface area contributed by atoms with Crippen LogP contribution in [0, 0.1) is 0 Å². The van der Waals surface area contributed by atoms with Crippen LogP contribution in [0.5, 0.6) is 0 Å². The third-order valence-corrected chi connectivity index (χ3v) is 3.28. The number of benzene rings is 2. The summed E-state index contributed by atoms with van der Waals surface area (Å²) < 4.78 is 11.2. The van der Waals surface area contributed by atoms with Gasteiger partial charge in [-0.2, -0.15) is 0 Å². The average Bonchev–Trinajstić information content (AvgIpc) is 2.56. The first-order valence-corrected chi connectivity index (χ1v) is 6.77. The lowest BCUT2D eigenvalue weighted by Crippen LogP contribution is -2.41. The maximum atomic E-state index is 6.17. The highest BCUT2D eigenvalue weighted by molar-refractivity contribution is 6.61.